The second kappa shape index (κ2) is 5.98. The molecule has 0 radical (unpaired) electrons. The van der Waals surface area contributed by atoms with Gasteiger partial charge >= 0.3 is 5.69 Å². The van der Waals surface area contributed by atoms with Crippen LogP contribution in [0.3, 0.4) is 0 Å². The average molecular weight is 353 g/mol. The molecule has 0 saturated carbocycles. The van der Waals surface area contributed by atoms with E-state index < -0.39 is 17.2 Å². The zero-order valence-corrected chi connectivity index (χ0v) is 14.7. The maximum absolute atomic E-state index is 12.6. The Morgan fingerprint density at radius 1 is 1.19 bits per heavy atom. The van der Waals surface area contributed by atoms with Crippen LogP contribution in [0.5, 0.6) is 0 Å². The van der Waals surface area contributed by atoms with Gasteiger partial charge in [0.05, 0.1) is 6.33 Å². The summed E-state index contributed by atoms with van der Waals surface area (Å²) < 4.78 is 3.76. The molecule has 1 amide bonds. The first kappa shape index (κ1) is 16.3. The lowest BCUT2D eigenvalue weighted by Gasteiger charge is -2.10. The minimum absolute atomic E-state index is 0.289. The van der Waals surface area contributed by atoms with Crippen molar-refractivity contribution < 1.29 is 4.79 Å². The first-order chi connectivity index (χ1) is 12.5. The number of fused-ring (bicyclic) bond motifs is 2. The molecule has 4 rings (SSSR count). The lowest BCUT2D eigenvalue weighted by Crippen LogP contribution is -2.42. The van der Waals surface area contributed by atoms with Crippen LogP contribution >= 0.6 is 0 Å². The number of rotatable bonds is 3. The SMILES string of the molecule is Cn1cnc2c1c(=O)n(CC(=O)Nc1ccc3c(c1)CCC3)c(=O)n2C. The number of aryl methyl sites for hydroxylation is 4. The molecular formula is C18H19N5O3. The fourth-order valence-electron chi connectivity index (χ4n) is 3.53. The van der Waals surface area contributed by atoms with Gasteiger partial charge in [-0.3, -0.25) is 14.2 Å². The summed E-state index contributed by atoms with van der Waals surface area (Å²) in [5.74, 6) is -0.413. The predicted molar refractivity (Wildman–Crippen MR) is 97.3 cm³/mol. The molecule has 3 aromatic rings. The molecule has 134 valence electrons. The van der Waals surface area contributed by atoms with E-state index in [0.29, 0.717) is 11.3 Å². The van der Waals surface area contributed by atoms with E-state index in [2.05, 4.69) is 10.3 Å². The van der Waals surface area contributed by atoms with Crippen LogP contribution < -0.4 is 16.6 Å². The van der Waals surface area contributed by atoms with Gasteiger partial charge in [0.1, 0.15) is 6.54 Å². The van der Waals surface area contributed by atoms with Crippen molar-refractivity contribution in [2.24, 2.45) is 14.1 Å². The number of benzene rings is 1. The van der Waals surface area contributed by atoms with Crippen LogP contribution in [0.2, 0.25) is 0 Å². The Morgan fingerprint density at radius 3 is 2.77 bits per heavy atom. The van der Waals surface area contributed by atoms with Gasteiger partial charge < -0.3 is 9.88 Å². The molecule has 0 aliphatic heterocycles. The normalized spacial score (nSPS) is 13.2. The summed E-state index contributed by atoms with van der Waals surface area (Å²) in [6, 6.07) is 5.84. The van der Waals surface area contributed by atoms with Gasteiger partial charge in [-0.15, -0.1) is 0 Å². The van der Waals surface area contributed by atoms with E-state index in [-0.39, 0.29) is 12.1 Å². The van der Waals surface area contributed by atoms with Crippen molar-refractivity contribution in [3.63, 3.8) is 0 Å². The number of imidazole rings is 1. The lowest BCUT2D eigenvalue weighted by molar-refractivity contribution is -0.116. The number of hydrogen-bond donors (Lipinski definition) is 1. The Balaban J connectivity index is 1.65. The highest BCUT2D eigenvalue weighted by Crippen LogP contribution is 2.24. The number of nitrogens with one attached hydrogen (secondary N) is 1. The molecule has 2 heterocycles. The summed E-state index contributed by atoms with van der Waals surface area (Å²) in [5.41, 5.74) is 2.75. The van der Waals surface area contributed by atoms with Crippen LogP contribution in [0.4, 0.5) is 5.69 Å². The molecule has 2 aromatic heterocycles. The van der Waals surface area contributed by atoms with Crippen molar-refractivity contribution in [3.8, 4) is 0 Å². The lowest BCUT2D eigenvalue weighted by atomic mass is 10.1. The molecule has 1 N–H and O–H groups in total. The second-order valence-electron chi connectivity index (χ2n) is 6.65. The minimum atomic E-state index is -0.565. The van der Waals surface area contributed by atoms with Gasteiger partial charge in [-0.25, -0.2) is 14.3 Å². The number of carbonyl (C=O) groups is 1. The van der Waals surface area contributed by atoms with E-state index in [4.69, 9.17) is 0 Å². The van der Waals surface area contributed by atoms with Crippen molar-refractivity contribution in [1.29, 1.82) is 0 Å². The zero-order chi connectivity index (χ0) is 18.4. The summed E-state index contributed by atoms with van der Waals surface area (Å²) in [5, 5.41) is 2.78. The summed E-state index contributed by atoms with van der Waals surface area (Å²) >= 11 is 0. The van der Waals surface area contributed by atoms with Crippen LogP contribution in [0, 0.1) is 0 Å². The summed E-state index contributed by atoms with van der Waals surface area (Å²) in [6.45, 7) is -0.344. The van der Waals surface area contributed by atoms with Gasteiger partial charge in [-0.05, 0) is 42.5 Å². The van der Waals surface area contributed by atoms with Gasteiger partial charge in [-0.1, -0.05) is 6.07 Å². The number of nitrogens with zero attached hydrogens (tertiary/aromatic N) is 4. The largest absolute Gasteiger partial charge is 0.332 e. The standard InChI is InChI=1S/C18H19N5O3/c1-21-10-19-16-15(21)17(25)23(18(26)22(16)2)9-14(24)20-13-7-6-11-4-3-5-12(11)8-13/h6-8,10H,3-5,9H2,1-2H3,(H,20,24). The van der Waals surface area contributed by atoms with Crippen LogP contribution in [-0.4, -0.2) is 24.6 Å². The summed E-state index contributed by atoms with van der Waals surface area (Å²) in [6.07, 6.45) is 4.68. The Labute approximate surface area is 148 Å². The molecular weight excluding hydrogens is 334 g/mol. The molecule has 0 fully saturated rings. The molecule has 26 heavy (non-hydrogen) atoms. The van der Waals surface area contributed by atoms with Gasteiger partial charge in [0.2, 0.25) is 5.91 Å². The predicted octanol–water partition coefficient (Wildman–Crippen LogP) is 0.561. The number of carbonyl (C=O) groups excluding carboxylic acids is 1. The van der Waals surface area contributed by atoms with Gasteiger partial charge in [0.25, 0.3) is 5.56 Å². The highest BCUT2D eigenvalue weighted by Gasteiger charge is 2.17. The van der Waals surface area contributed by atoms with E-state index in [1.807, 2.05) is 18.2 Å². The molecule has 1 aromatic carbocycles. The van der Waals surface area contributed by atoms with Gasteiger partial charge in [0.15, 0.2) is 11.2 Å². The number of aromatic nitrogens is 4. The highest BCUT2D eigenvalue weighted by atomic mass is 16.2. The molecule has 0 atom stereocenters. The van der Waals surface area contributed by atoms with Crippen molar-refractivity contribution in [2.45, 2.75) is 25.8 Å². The molecule has 0 bridgehead atoms. The highest BCUT2D eigenvalue weighted by molar-refractivity contribution is 5.90. The average Bonchev–Trinajstić information content (AvgIpc) is 3.23. The van der Waals surface area contributed by atoms with Crippen LogP contribution in [-0.2, 0) is 38.3 Å². The Hall–Kier alpha value is -3.16. The third-order valence-corrected chi connectivity index (χ3v) is 4.88. The van der Waals surface area contributed by atoms with Crippen molar-refractivity contribution >= 4 is 22.8 Å². The smallest absolute Gasteiger partial charge is 0.328 e. The first-order valence-electron chi connectivity index (χ1n) is 8.48. The maximum Gasteiger partial charge on any atom is 0.332 e. The summed E-state index contributed by atoms with van der Waals surface area (Å²) in [7, 11) is 3.21. The number of hydrogen-bond acceptors (Lipinski definition) is 4. The van der Waals surface area contributed by atoms with E-state index in [1.165, 1.54) is 29.1 Å². The minimum Gasteiger partial charge on any atom is -0.328 e. The monoisotopic (exact) mass is 353 g/mol. The third-order valence-electron chi connectivity index (χ3n) is 4.88. The van der Waals surface area contributed by atoms with Crippen LogP contribution in [0.25, 0.3) is 11.2 Å². The van der Waals surface area contributed by atoms with Crippen LogP contribution in [0.1, 0.15) is 17.5 Å². The van der Waals surface area contributed by atoms with Crippen LogP contribution in [0.15, 0.2) is 34.1 Å². The van der Waals surface area contributed by atoms with Crippen molar-refractivity contribution in [1.82, 2.24) is 18.7 Å². The third kappa shape index (κ3) is 2.54. The molecule has 0 unspecified atom stereocenters. The van der Waals surface area contributed by atoms with E-state index >= 15 is 0 Å². The van der Waals surface area contributed by atoms with Crippen molar-refractivity contribution in [2.75, 3.05) is 5.32 Å². The molecule has 0 saturated heterocycles. The molecule has 0 spiro atoms. The number of anilines is 1. The van der Waals surface area contributed by atoms with E-state index in [1.54, 1.807) is 11.6 Å². The van der Waals surface area contributed by atoms with Crippen molar-refractivity contribution in [3.05, 3.63) is 56.5 Å². The Bertz CT molecular complexity index is 1150. The topological polar surface area (TPSA) is 90.9 Å². The summed E-state index contributed by atoms with van der Waals surface area (Å²) in [4.78, 5) is 41.6. The van der Waals surface area contributed by atoms with E-state index in [0.717, 1.165) is 23.8 Å². The Kier molecular flexibility index (Phi) is 3.75. The quantitative estimate of drug-likeness (QED) is 0.745. The fourth-order valence-corrected chi connectivity index (χ4v) is 3.53. The molecule has 1 aliphatic rings. The van der Waals surface area contributed by atoms with Gasteiger partial charge in [-0.2, -0.15) is 0 Å². The first-order valence-corrected chi connectivity index (χ1v) is 8.48. The maximum atomic E-state index is 12.6. The van der Waals surface area contributed by atoms with Gasteiger partial charge in [0, 0.05) is 19.8 Å². The molecule has 8 nitrogen and oxygen atoms in total. The molecule has 1 aliphatic carbocycles. The number of amides is 1. The van der Waals surface area contributed by atoms with E-state index in [9.17, 15) is 14.4 Å². The second-order valence-corrected chi connectivity index (χ2v) is 6.65. The Morgan fingerprint density at radius 2 is 1.96 bits per heavy atom. The molecule has 8 heteroatoms. The fraction of sp³-hybridized carbons (Fsp3) is 0.333. The zero-order valence-electron chi connectivity index (χ0n) is 14.7.